The predicted molar refractivity (Wildman–Crippen MR) is 63.6 cm³/mol. The van der Waals surface area contributed by atoms with E-state index < -0.39 is 5.82 Å². The molecule has 0 atom stereocenters. The summed E-state index contributed by atoms with van der Waals surface area (Å²) in [6, 6.07) is 6.13. The SMILES string of the molecule is Cc1cnn(CCOc2cccc(F)c2C#N)c1. The van der Waals surface area contributed by atoms with Gasteiger partial charge in [0.2, 0.25) is 0 Å². The van der Waals surface area contributed by atoms with Crippen molar-refractivity contribution in [3.63, 3.8) is 0 Å². The van der Waals surface area contributed by atoms with Crippen molar-refractivity contribution in [3.8, 4) is 11.8 Å². The molecule has 1 heterocycles. The van der Waals surface area contributed by atoms with Gasteiger partial charge in [-0.05, 0) is 24.6 Å². The number of halogens is 1. The predicted octanol–water partition coefficient (Wildman–Crippen LogP) is 2.28. The van der Waals surface area contributed by atoms with E-state index in [-0.39, 0.29) is 11.3 Å². The van der Waals surface area contributed by atoms with Crippen molar-refractivity contribution in [2.45, 2.75) is 13.5 Å². The van der Waals surface area contributed by atoms with Crippen LogP contribution in [0.15, 0.2) is 30.6 Å². The average molecular weight is 245 g/mol. The van der Waals surface area contributed by atoms with Gasteiger partial charge in [0.1, 0.15) is 29.8 Å². The van der Waals surface area contributed by atoms with Crippen LogP contribution in [0.5, 0.6) is 5.75 Å². The molecule has 0 radical (unpaired) electrons. The Bertz CT molecular complexity index is 586. The van der Waals surface area contributed by atoms with Crippen molar-refractivity contribution in [1.29, 1.82) is 5.26 Å². The summed E-state index contributed by atoms with van der Waals surface area (Å²) in [4.78, 5) is 0. The van der Waals surface area contributed by atoms with E-state index in [9.17, 15) is 4.39 Å². The minimum absolute atomic E-state index is 0.0610. The second-order valence-corrected chi connectivity index (χ2v) is 3.85. The zero-order chi connectivity index (χ0) is 13.0. The molecule has 4 nitrogen and oxygen atoms in total. The van der Waals surface area contributed by atoms with Crippen molar-refractivity contribution in [2.24, 2.45) is 0 Å². The summed E-state index contributed by atoms with van der Waals surface area (Å²) in [5.41, 5.74) is 1.01. The van der Waals surface area contributed by atoms with Crippen LogP contribution >= 0.6 is 0 Å². The van der Waals surface area contributed by atoms with Gasteiger partial charge in [0.25, 0.3) is 0 Å². The molecule has 0 saturated heterocycles. The highest BCUT2D eigenvalue weighted by molar-refractivity contribution is 5.43. The molecule has 0 spiro atoms. The standard InChI is InChI=1S/C13H12FN3O/c1-10-8-16-17(9-10)5-6-18-13-4-2-3-12(14)11(13)7-15/h2-4,8-9H,5-6H2,1H3. The van der Waals surface area contributed by atoms with Crippen LogP contribution in [0.4, 0.5) is 4.39 Å². The molecule has 0 aliphatic rings. The normalized spacial score (nSPS) is 10.1. The zero-order valence-electron chi connectivity index (χ0n) is 9.93. The molecule has 0 unspecified atom stereocenters. The summed E-state index contributed by atoms with van der Waals surface area (Å²) in [5.74, 6) is -0.300. The first-order valence-electron chi connectivity index (χ1n) is 5.51. The Morgan fingerprint density at radius 1 is 1.50 bits per heavy atom. The van der Waals surface area contributed by atoms with Gasteiger partial charge >= 0.3 is 0 Å². The maximum atomic E-state index is 13.3. The van der Waals surface area contributed by atoms with Crippen molar-refractivity contribution in [1.82, 2.24) is 9.78 Å². The Morgan fingerprint density at radius 3 is 3.00 bits per heavy atom. The molecule has 0 bridgehead atoms. The first-order chi connectivity index (χ1) is 8.70. The lowest BCUT2D eigenvalue weighted by atomic mass is 10.2. The number of ether oxygens (including phenoxy) is 1. The van der Waals surface area contributed by atoms with Crippen LogP contribution in [0.2, 0.25) is 0 Å². The molecule has 1 aromatic carbocycles. The molecule has 5 heteroatoms. The number of aryl methyl sites for hydroxylation is 1. The Morgan fingerprint density at radius 2 is 2.33 bits per heavy atom. The Hall–Kier alpha value is -2.35. The van der Waals surface area contributed by atoms with E-state index in [4.69, 9.17) is 10.00 Å². The maximum Gasteiger partial charge on any atom is 0.144 e. The lowest BCUT2D eigenvalue weighted by Gasteiger charge is -2.08. The number of nitriles is 1. The van der Waals surface area contributed by atoms with Crippen LogP contribution in [0, 0.1) is 24.1 Å². The fourth-order valence-corrected chi connectivity index (χ4v) is 1.57. The third kappa shape index (κ3) is 2.66. The Balaban J connectivity index is 1.99. The fourth-order valence-electron chi connectivity index (χ4n) is 1.57. The summed E-state index contributed by atoms with van der Waals surface area (Å²) >= 11 is 0. The smallest absolute Gasteiger partial charge is 0.144 e. The zero-order valence-corrected chi connectivity index (χ0v) is 9.93. The number of aromatic nitrogens is 2. The summed E-state index contributed by atoms with van der Waals surface area (Å²) < 4.78 is 20.4. The third-order valence-corrected chi connectivity index (χ3v) is 2.43. The third-order valence-electron chi connectivity index (χ3n) is 2.43. The molecule has 1 aromatic heterocycles. The second-order valence-electron chi connectivity index (χ2n) is 3.85. The molecule has 2 rings (SSSR count). The van der Waals surface area contributed by atoms with E-state index in [2.05, 4.69) is 5.10 Å². The summed E-state index contributed by atoms with van der Waals surface area (Å²) in [6.45, 7) is 2.83. The minimum atomic E-state index is -0.565. The van der Waals surface area contributed by atoms with E-state index in [1.165, 1.54) is 12.1 Å². The molecule has 0 aliphatic carbocycles. The number of hydrogen-bond acceptors (Lipinski definition) is 3. The van der Waals surface area contributed by atoms with E-state index in [1.807, 2.05) is 13.1 Å². The molecule has 92 valence electrons. The number of rotatable bonds is 4. The van der Waals surface area contributed by atoms with Gasteiger partial charge in [-0.2, -0.15) is 10.4 Å². The van der Waals surface area contributed by atoms with Crippen molar-refractivity contribution in [2.75, 3.05) is 6.61 Å². The van der Waals surface area contributed by atoms with Crippen LogP contribution in [0.1, 0.15) is 11.1 Å². The van der Waals surface area contributed by atoms with Gasteiger partial charge in [-0.1, -0.05) is 6.07 Å². The van der Waals surface area contributed by atoms with Crippen LogP contribution < -0.4 is 4.74 Å². The van der Waals surface area contributed by atoms with Crippen LogP contribution in [-0.4, -0.2) is 16.4 Å². The van der Waals surface area contributed by atoms with E-state index in [1.54, 1.807) is 23.0 Å². The lowest BCUT2D eigenvalue weighted by molar-refractivity contribution is 0.289. The van der Waals surface area contributed by atoms with Crippen molar-refractivity contribution >= 4 is 0 Å². The van der Waals surface area contributed by atoms with Crippen LogP contribution in [0.25, 0.3) is 0 Å². The van der Waals surface area contributed by atoms with Gasteiger partial charge in [0.15, 0.2) is 0 Å². The fraction of sp³-hybridized carbons (Fsp3) is 0.231. The van der Waals surface area contributed by atoms with E-state index >= 15 is 0 Å². The van der Waals surface area contributed by atoms with Crippen LogP contribution in [-0.2, 0) is 6.54 Å². The first-order valence-corrected chi connectivity index (χ1v) is 5.51. The quantitative estimate of drug-likeness (QED) is 0.830. The summed E-state index contributed by atoms with van der Waals surface area (Å²) in [5, 5.41) is 12.9. The van der Waals surface area contributed by atoms with Gasteiger partial charge in [-0.25, -0.2) is 4.39 Å². The van der Waals surface area contributed by atoms with E-state index in [0.717, 1.165) is 5.56 Å². The second kappa shape index (κ2) is 5.32. The highest BCUT2D eigenvalue weighted by Crippen LogP contribution is 2.20. The number of hydrogen-bond donors (Lipinski definition) is 0. The highest BCUT2D eigenvalue weighted by Gasteiger charge is 2.08. The van der Waals surface area contributed by atoms with Crippen molar-refractivity contribution in [3.05, 3.63) is 47.5 Å². The molecule has 18 heavy (non-hydrogen) atoms. The largest absolute Gasteiger partial charge is 0.490 e. The van der Waals surface area contributed by atoms with Crippen LogP contribution in [0.3, 0.4) is 0 Å². The van der Waals surface area contributed by atoms with Gasteiger partial charge in [0, 0.05) is 6.20 Å². The van der Waals surface area contributed by atoms with E-state index in [0.29, 0.717) is 13.2 Å². The molecule has 0 fully saturated rings. The van der Waals surface area contributed by atoms with Gasteiger partial charge < -0.3 is 4.74 Å². The Kier molecular flexibility index (Phi) is 3.58. The monoisotopic (exact) mass is 245 g/mol. The average Bonchev–Trinajstić information content (AvgIpc) is 2.75. The first kappa shape index (κ1) is 12.1. The molecule has 0 saturated carbocycles. The molecule has 0 amide bonds. The molecular weight excluding hydrogens is 233 g/mol. The number of nitrogens with zero attached hydrogens (tertiary/aromatic N) is 3. The molecule has 0 N–H and O–H groups in total. The molecule has 2 aromatic rings. The minimum Gasteiger partial charge on any atom is -0.490 e. The molecule has 0 aliphatic heterocycles. The van der Waals surface area contributed by atoms with Gasteiger partial charge in [-0.3, -0.25) is 4.68 Å². The summed E-state index contributed by atoms with van der Waals surface area (Å²) in [7, 11) is 0. The van der Waals surface area contributed by atoms with Gasteiger partial charge in [-0.15, -0.1) is 0 Å². The topological polar surface area (TPSA) is 50.8 Å². The van der Waals surface area contributed by atoms with Crippen molar-refractivity contribution < 1.29 is 9.13 Å². The molecular formula is C13H12FN3O. The summed E-state index contributed by atoms with van der Waals surface area (Å²) in [6.07, 6.45) is 3.64. The lowest BCUT2D eigenvalue weighted by Crippen LogP contribution is -2.09. The highest BCUT2D eigenvalue weighted by atomic mass is 19.1. The Labute approximate surface area is 104 Å². The number of benzene rings is 1. The maximum absolute atomic E-state index is 13.3. The van der Waals surface area contributed by atoms with Gasteiger partial charge in [0.05, 0.1) is 12.7 Å².